The molecule has 0 saturated carbocycles. The second-order valence-electron chi connectivity index (χ2n) is 7.07. The Morgan fingerprint density at radius 1 is 0.862 bits per heavy atom. The van der Waals surface area contributed by atoms with Crippen LogP contribution >= 0.6 is 15.9 Å². The van der Waals surface area contributed by atoms with E-state index in [0.29, 0.717) is 37.1 Å². The Morgan fingerprint density at radius 2 is 1.52 bits per heavy atom. The van der Waals surface area contributed by atoms with E-state index in [-0.39, 0.29) is 10.8 Å². The van der Waals surface area contributed by atoms with E-state index in [9.17, 15) is 13.2 Å². The summed E-state index contributed by atoms with van der Waals surface area (Å²) >= 11 is 3.32. The van der Waals surface area contributed by atoms with Gasteiger partial charge in [0.25, 0.3) is 0 Å². The van der Waals surface area contributed by atoms with Crippen molar-refractivity contribution >= 4 is 42.6 Å². The summed E-state index contributed by atoms with van der Waals surface area (Å²) in [6.45, 7) is 1.40. The first kappa shape index (κ1) is 20.1. The lowest BCUT2D eigenvalue weighted by Gasteiger charge is -2.34. The molecule has 0 spiro atoms. The van der Waals surface area contributed by atoms with Crippen LogP contribution in [0.25, 0.3) is 10.8 Å². The number of hydrogen-bond acceptors (Lipinski definition) is 3. The van der Waals surface area contributed by atoms with Crippen molar-refractivity contribution in [3.05, 3.63) is 76.8 Å². The average molecular weight is 473 g/mol. The van der Waals surface area contributed by atoms with Crippen molar-refractivity contribution in [3.63, 3.8) is 0 Å². The zero-order valence-electron chi connectivity index (χ0n) is 15.8. The van der Waals surface area contributed by atoms with E-state index in [1.165, 1.54) is 4.31 Å². The molecule has 0 aromatic heterocycles. The predicted molar refractivity (Wildman–Crippen MR) is 117 cm³/mol. The van der Waals surface area contributed by atoms with Crippen molar-refractivity contribution in [2.45, 2.75) is 11.3 Å². The number of benzene rings is 3. The van der Waals surface area contributed by atoms with Gasteiger partial charge in [0, 0.05) is 30.7 Å². The van der Waals surface area contributed by atoms with E-state index in [2.05, 4.69) is 15.9 Å². The molecule has 0 aliphatic carbocycles. The Labute approximate surface area is 179 Å². The van der Waals surface area contributed by atoms with Gasteiger partial charge in [-0.1, -0.05) is 54.6 Å². The number of nitrogens with zero attached hydrogens (tertiary/aromatic N) is 2. The molecule has 1 aliphatic rings. The average Bonchev–Trinajstić information content (AvgIpc) is 2.74. The number of carbonyl (C=O) groups excluding carboxylic acids is 1. The van der Waals surface area contributed by atoms with Gasteiger partial charge in [-0.3, -0.25) is 4.79 Å². The third kappa shape index (κ3) is 4.22. The third-order valence-corrected chi connectivity index (χ3v) is 8.13. The number of rotatable bonds is 4. The van der Waals surface area contributed by atoms with Gasteiger partial charge in [0.1, 0.15) is 0 Å². The second-order valence-corrected chi connectivity index (χ2v) is 9.83. The smallest absolute Gasteiger partial charge is 0.244 e. The predicted octanol–water partition coefficient (Wildman–Crippen LogP) is 3.68. The third-order valence-electron chi connectivity index (χ3n) is 5.22. The molecule has 0 unspecified atom stereocenters. The fourth-order valence-electron chi connectivity index (χ4n) is 3.61. The van der Waals surface area contributed by atoms with Gasteiger partial charge in [-0.15, -0.1) is 0 Å². The van der Waals surface area contributed by atoms with Gasteiger partial charge in [-0.2, -0.15) is 4.31 Å². The van der Waals surface area contributed by atoms with Gasteiger partial charge in [0.15, 0.2) is 0 Å². The van der Waals surface area contributed by atoms with Gasteiger partial charge < -0.3 is 4.90 Å². The SMILES string of the molecule is O=C(Cc1ccc2ccccc2c1)N1CCN(S(=O)(=O)c2ccccc2Br)CC1. The highest BCUT2D eigenvalue weighted by atomic mass is 79.9. The second kappa shape index (κ2) is 8.26. The summed E-state index contributed by atoms with van der Waals surface area (Å²) in [5.74, 6) is 0.0261. The minimum atomic E-state index is -3.58. The maximum Gasteiger partial charge on any atom is 0.244 e. The summed E-state index contributed by atoms with van der Waals surface area (Å²) in [5.41, 5.74) is 0.969. The Balaban J connectivity index is 1.41. The van der Waals surface area contributed by atoms with E-state index in [1.54, 1.807) is 29.2 Å². The fraction of sp³-hybridized carbons (Fsp3) is 0.227. The van der Waals surface area contributed by atoms with Crippen molar-refractivity contribution < 1.29 is 13.2 Å². The van der Waals surface area contributed by atoms with Gasteiger partial charge in [0.05, 0.1) is 11.3 Å². The van der Waals surface area contributed by atoms with E-state index < -0.39 is 10.0 Å². The molecule has 0 radical (unpaired) electrons. The lowest BCUT2D eigenvalue weighted by molar-refractivity contribution is -0.131. The van der Waals surface area contributed by atoms with Gasteiger partial charge in [-0.05, 0) is 44.4 Å². The number of fused-ring (bicyclic) bond motifs is 1. The quantitative estimate of drug-likeness (QED) is 0.581. The maximum absolute atomic E-state index is 12.9. The Kier molecular flexibility index (Phi) is 5.72. The number of sulfonamides is 1. The van der Waals surface area contributed by atoms with Crippen LogP contribution in [0.1, 0.15) is 5.56 Å². The van der Waals surface area contributed by atoms with E-state index in [4.69, 9.17) is 0 Å². The van der Waals surface area contributed by atoms with Gasteiger partial charge in [-0.25, -0.2) is 8.42 Å². The first-order valence-electron chi connectivity index (χ1n) is 9.45. The van der Waals surface area contributed by atoms with Crippen LogP contribution in [0.5, 0.6) is 0 Å². The van der Waals surface area contributed by atoms with Crippen molar-refractivity contribution in [2.75, 3.05) is 26.2 Å². The van der Waals surface area contributed by atoms with E-state index in [0.717, 1.165) is 16.3 Å². The highest BCUT2D eigenvalue weighted by Crippen LogP contribution is 2.25. The molecule has 5 nitrogen and oxygen atoms in total. The van der Waals surface area contributed by atoms with Crippen LogP contribution in [0, 0.1) is 0 Å². The highest BCUT2D eigenvalue weighted by Gasteiger charge is 2.31. The molecule has 29 heavy (non-hydrogen) atoms. The van der Waals surface area contributed by atoms with Crippen LogP contribution in [-0.4, -0.2) is 49.7 Å². The minimum absolute atomic E-state index is 0.0261. The van der Waals surface area contributed by atoms with Gasteiger partial charge in [0.2, 0.25) is 15.9 Å². The Bertz CT molecular complexity index is 1160. The maximum atomic E-state index is 12.9. The Morgan fingerprint density at radius 3 is 2.24 bits per heavy atom. The number of carbonyl (C=O) groups is 1. The van der Waals surface area contributed by atoms with Crippen LogP contribution < -0.4 is 0 Å². The number of piperazine rings is 1. The summed E-state index contributed by atoms with van der Waals surface area (Å²) in [5, 5.41) is 2.26. The topological polar surface area (TPSA) is 57.7 Å². The molecule has 0 bridgehead atoms. The van der Waals surface area contributed by atoms with Gasteiger partial charge >= 0.3 is 0 Å². The number of hydrogen-bond donors (Lipinski definition) is 0. The Hall–Kier alpha value is -2.22. The summed E-state index contributed by atoms with van der Waals surface area (Å²) in [4.78, 5) is 14.7. The summed E-state index contributed by atoms with van der Waals surface area (Å²) in [7, 11) is -3.58. The summed E-state index contributed by atoms with van der Waals surface area (Å²) in [6.07, 6.45) is 0.321. The molecule has 1 amide bonds. The molecule has 1 heterocycles. The van der Waals surface area contributed by atoms with Crippen molar-refractivity contribution in [1.82, 2.24) is 9.21 Å². The molecular formula is C22H21BrN2O3S. The zero-order valence-corrected chi connectivity index (χ0v) is 18.2. The molecule has 1 aliphatic heterocycles. The number of amides is 1. The van der Waals surface area contributed by atoms with E-state index in [1.807, 2.05) is 42.5 Å². The fourth-order valence-corrected chi connectivity index (χ4v) is 5.99. The molecule has 3 aromatic carbocycles. The van der Waals surface area contributed by atoms with Crippen molar-refractivity contribution in [3.8, 4) is 0 Å². The first-order chi connectivity index (χ1) is 13.9. The van der Waals surface area contributed by atoms with Crippen LogP contribution in [0.4, 0.5) is 0 Å². The summed E-state index contributed by atoms with van der Waals surface area (Å²) < 4.78 is 27.8. The molecule has 4 rings (SSSR count). The molecular weight excluding hydrogens is 452 g/mol. The normalized spacial score (nSPS) is 15.6. The molecule has 150 valence electrons. The van der Waals surface area contributed by atoms with Crippen LogP contribution in [0.15, 0.2) is 76.1 Å². The molecule has 1 saturated heterocycles. The van der Waals surface area contributed by atoms with Crippen molar-refractivity contribution in [2.24, 2.45) is 0 Å². The lowest BCUT2D eigenvalue weighted by atomic mass is 10.0. The van der Waals surface area contributed by atoms with Crippen LogP contribution in [-0.2, 0) is 21.2 Å². The molecule has 0 N–H and O–H groups in total. The number of halogens is 1. The van der Waals surface area contributed by atoms with Crippen LogP contribution in [0.3, 0.4) is 0 Å². The van der Waals surface area contributed by atoms with E-state index >= 15 is 0 Å². The molecule has 7 heteroatoms. The standard InChI is InChI=1S/C22H21BrN2O3S/c23-20-7-3-4-8-21(20)29(27,28)25-13-11-24(12-14-25)22(26)16-17-9-10-18-5-1-2-6-19(18)15-17/h1-10,15H,11-14,16H2. The molecule has 1 fully saturated rings. The minimum Gasteiger partial charge on any atom is -0.340 e. The first-order valence-corrected chi connectivity index (χ1v) is 11.7. The van der Waals surface area contributed by atoms with Crippen molar-refractivity contribution in [1.29, 1.82) is 0 Å². The van der Waals surface area contributed by atoms with Crippen LogP contribution in [0.2, 0.25) is 0 Å². The zero-order chi connectivity index (χ0) is 20.4. The highest BCUT2D eigenvalue weighted by molar-refractivity contribution is 9.10. The molecule has 0 atom stereocenters. The monoisotopic (exact) mass is 472 g/mol. The largest absolute Gasteiger partial charge is 0.340 e. The summed E-state index contributed by atoms with van der Waals surface area (Å²) in [6, 6.07) is 20.9. The lowest BCUT2D eigenvalue weighted by Crippen LogP contribution is -2.50. The molecule has 3 aromatic rings.